The predicted octanol–water partition coefficient (Wildman–Crippen LogP) is 5.31. The van der Waals surface area contributed by atoms with Crippen LogP contribution >= 0.6 is 22.9 Å². The van der Waals surface area contributed by atoms with Gasteiger partial charge >= 0.3 is 0 Å². The van der Waals surface area contributed by atoms with Gasteiger partial charge in [0, 0.05) is 5.02 Å². The summed E-state index contributed by atoms with van der Waals surface area (Å²) in [6.07, 6.45) is 3.42. The molecular formula is C19H19ClN2O2S. The lowest BCUT2D eigenvalue weighted by Crippen LogP contribution is -2.19. The molecule has 0 atom stereocenters. The van der Waals surface area contributed by atoms with Crippen molar-refractivity contribution in [3.8, 4) is 5.75 Å². The second kappa shape index (κ2) is 8.32. The third-order valence-corrected chi connectivity index (χ3v) is 4.89. The Morgan fingerprint density at radius 1 is 1.24 bits per heavy atom. The number of nitrogens with one attached hydrogen (secondary N) is 1. The van der Waals surface area contributed by atoms with Crippen molar-refractivity contribution in [2.24, 2.45) is 0 Å². The number of aromatic nitrogens is 1. The number of carbonyl (C=O) groups is 1. The lowest BCUT2D eigenvalue weighted by Gasteiger charge is -2.05. The maximum absolute atomic E-state index is 12.0. The monoisotopic (exact) mass is 374 g/mol. The lowest BCUT2D eigenvalue weighted by molar-refractivity contribution is -0.118. The highest BCUT2D eigenvalue weighted by Crippen LogP contribution is 2.27. The van der Waals surface area contributed by atoms with Crippen LogP contribution in [-0.2, 0) is 11.2 Å². The molecule has 1 aromatic heterocycles. The molecule has 4 nitrogen and oxygen atoms in total. The third-order valence-electron chi connectivity index (χ3n) is 3.70. The van der Waals surface area contributed by atoms with Crippen molar-refractivity contribution in [3.05, 3.63) is 53.1 Å². The van der Waals surface area contributed by atoms with Crippen molar-refractivity contribution in [2.45, 2.75) is 26.2 Å². The fourth-order valence-electron chi connectivity index (χ4n) is 2.39. The molecule has 0 radical (unpaired) electrons. The molecule has 0 fully saturated rings. The second-order valence-electron chi connectivity index (χ2n) is 5.72. The second-order valence-corrected chi connectivity index (χ2v) is 7.18. The SMILES string of the molecule is CCCCc1ccc2nc(NC(=O)COc3ccc(Cl)cc3)sc2c1. The number of amides is 1. The van der Waals surface area contributed by atoms with Gasteiger partial charge in [0.1, 0.15) is 5.75 Å². The van der Waals surface area contributed by atoms with Crippen LogP contribution in [0.1, 0.15) is 25.3 Å². The van der Waals surface area contributed by atoms with Crippen molar-refractivity contribution < 1.29 is 9.53 Å². The molecule has 3 rings (SSSR count). The summed E-state index contributed by atoms with van der Waals surface area (Å²) >= 11 is 7.30. The Bertz CT molecular complexity index is 861. The lowest BCUT2D eigenvalue weighted by atomic mass is 10.1. The molecule has 0 spiro atoms. The van der Waals surface area contributed by atoms with E-state index in [-0.39, 0.29) is 12.5 Å². The minimum atomic E-state index is -0.236. The van der Waals surface area contributed by atoms with Gasteiger partial charge in [0.2, 0.25) is 0 Å². The average molecular weight is 375 g/mol. The number of nitrogens with zero attached hydrogens (tertiary/aromatic N) is 1. The molecule has 0 saturated carbocycles. The van der Waals surface area contributed by atoms with E-state index in [1.165, 1.54) is 29.7 Å². The van der Waals surface area contributed by atoms with Crippen molar-refractivity contribution in [1.82, 2.24) is 4.98 Å². The zero-order valence-electron chi connectivity index (χ0n) is 13.9. The number of ether oxygens (including phenoxy) is 1. The summed E-state index contributed by atoms with van der Waals surface area (Å²) < 4.78 is 6.52. The van der Waals surface area contributed by atoms with E-state index in [9.17, 15) is 4.79 Å². The first-order valence-electron chi connectivity index (χ1n) is 8.21. The van der Waals surface area contributed by atoms with E-state index in [0.29, 0.717) is 15.9 Å². The molecule has 6 heteroatoms. The van der Waals surface area contributed by atoms with Gasteiger partial charge in [0.25, 0.3) is 5.91 Å². The normalized spacial score (nSPS) is 10.8. The van der Waals surface area contributed by atoms with E-state index in [1.54, 1.807) is 24.3 Å². The molecule has 0 bridgehead atoms. The number of anilines is 1. The van der Waals surface area contributed by atoms with Crippen LogP contribution in [0.2, 0.25) is 5.02 Å². The van der Waals surface area contributed by atoms with Crippen LogP contribution in [-0.4, -0.2) is 17.5 Å². The Kier molecular flexibility index (Phi) is 5.89. The number of unbranched alkanes of at least 4 members (excludes halogenated alkanes) is 1. The molecule has 0 aliphatic heterocycles. The van der Waals surface area contributed by atoms with E-state index in [2.05, 4.69) is 29.4 Å². The zero-order chi connectivity index (χ0) is 17.6. The maximum atomic E-state index is 12.0. The summed E-state index contributed by atoms with van der Waals surface area (Å²) in [5, 5.41) is 4.01. The summed E-state index contributed by atoms with van der Waals surface area (Å²) in [7, 11) is 0. The molecule has 0 unspecified atom stereocenters. The Morgan fingerprint density at radius 3 is 2.80 bits per heavy atom. The fourth-order valence-corrected chi connectivity index (χ4v) is 3.47. The quantitative estimate of drug-likeness (QED) is 0.609. The van der Waals surface area contributed by atoms with Crippen LogP contribution in [0.4, 0.5) is 5.13 Å². The number of fused-ring (bicyclic) bond motifs is 1. The Morgan fingerprint density at radius 2 is 2.04 bits per heavy atom. The number of rotatable bonds is 7. The Hall–Kier alpha value is -2.11. The number of hydrogen-bond acceptors (Lipinski definition) is 4. The average Bonchev–Trinajstić information content (AvgIpc) is 3.00. The topological polar surface area (TPSA) is 51.2 Å². The molecule has 2 aromatic carbocycles. The summed E-state index contributed by atoms with van der Waals surface area (Å²) in [6.45, 7) is 2.12. The van der Waals surface area contributed by atoms with Crippen molar-refractivity contribution in [1.29, 1.82) is 0 Å². The Labute approximate surface area is 155 Å². The molecule has 0 saturated heterocycles. The molecular weight excluding hydrogens is 356 g/mol. The van der Waals surface area contributed by atoms with E-state index in [0.717, 1.165) is 16.6 Å². The molecule has 0 aliphatic carbocycles. The largest absolute Gasteiger partial charge is 0.484 e. The highest BCUT2D eigenvalue weighted by Gasteiger charge is 2.09. The van der Waals surface area contributed by atoms with Gasteiger partial charge in [-0.3, -0.25) is 10.1 Å². The minimum Gasteiger partial charge on any atom is -0.484 e. The van der Waals surface area contributed by atoms with E-state index < -0.39 is 0 Å². The van der Waals surface area contributed by atoms with Crippen molar-refractivity contribution in [2.75, 3.05) is 11.9 Å². The summed E-state index contributed by atoms with van der Waals surface area (Å²) in [5.74, 6) is 0.365. The zero-order valence-corrected chi connectivity index (χ0v) is 15.5. The van der Waals surface area contributed by atoms with E-state index in [1.807, 2.05) is 6.07 Å². The highest BCUT2D eigenvalue weighted by atomic mass is 35.5. The molecule has 0 aliphatic rings. The number of aryl methyl sites for hydroxylation is 1. The van der Waals surface area contributed by atoms with Gasteiger partial charge in [-0.2, -0.15) is 0 Å². The van der Waals surface area contributed by atoms with Gasteiger partial charge in [0.05, 0.1) is 10.2 Å². The molecule has 1 amide bonds. The number of hydrogen-bond donors (Lipinski definition) is 1. The van der Waals surface area contributed by atoms with Crippen molar-refractivity contribution >= 4 is 44.2 Å². The van der Waals surface area contributed by atoms with Crippen LogP contribution in [0.3, 0.4) is 0 Å². The molecule has 1 N–H and O–H groups in total. The number of benzene rings is 2. The number of thiazole rings is 1. The van der Waals surface area contributed by atoms with Crippen LogP contribution in [0.25, 0.3) is 10.2 Å². The smallest absolute Gasteiger partial charge is 0.264 e. The predicted molar refractivity (Wildman–Crippen MR) is 104 cm³/mol. The number of halogens is 1. The van der Waals surface area contributed by atoms with Gasteiger partial charge in [-0.05, 0) is 54.8 Å². The first-order valence-corrected chi connectivity index (χ1v) is 9.41. The van der Waals surface area contributed by atoms with Gasteiger partial charge in [-0.25, -0.2) is 4.98 Å². The van der Waals surface area contributed by atoms with E-state index >= 15 is 0 Å². The van der Waals surface area contributed by atoms with Gasteiger partial charge in [0.15, 0.2) is 11.7 Å². The first-order chi connectivity index (χ1) is 12.1. The summed E-state index contributed by atoms with van der Waals surface area (Å²) in [5.41, 5.74) is 2.21. The van der Waals surface area contributed by atoms with Gasteiger partial charge < -0.3 is 4.74 Å². The van der Waals surface area contributed by atoms with Crippen LogP contribution in [0, 0.1) is 0 Å². The fraction of sp³-hybridized carbons (Fsp3) is 0.263. The van der Waals surface area contributed by atoms with Crippen LogP contribution in [0.15, 0.2) is 42.5 Å². The highest BCUT2D eigenvalue weighted by molar-refractivity contribution is 7.22. The summed E-state index contributed by atoms with van der Waals surface area (Å²) in [4.78, 5) is 16.5. The molecule has 3 aromatic rings. The third kappa shape index (κ3) is 4.94. The Balaban J connectivity index is 1.59. The first kappa shape index (κ1) is 17.7. The summed E-state index contributed by atoms with van der Waals surface area (Å²) in [6, 6.07) is 13.2. The molecule has 130 valence electrons. The van der Waals surface area contributed by atoms with E-state index in [4.69, 9.17) is 16.3 Å². The van der Waals surface area contributed by atoms with Gasteiger partial charge in [-0.15, -0.1) is 0 Å². The standard InChI is InChI=1S/C19H19ClN2O2S/c1-2-3-4-13-5-10-16-17(11-13)25-19(21-16)22-18(23)12-24-15-8-6-14(20)7-9-15/h5-11H,2-4,12H2,1H3,(H,21,22,23). The van der Waals surface area contributed by atoms with Crippen molar-refractivity contribution in [3.63, 3.8) is 0 Å². The minimum absolute atomic E-state index is 0.0701. The molecule has 25 heavy (non-hydrogen) atoms. The number of carbonyl (C=O) groups excluding carboxylic acids is 1. The van der Waals surface area contributed by atoms with Crippen LogP contribution < -0.4 is 10.1 Å². The van der Waals surface area contributed by atoms with Gasteiger partial charge in [-0.1, -0.05) is 42.3 Å². The maximum Gasteiger partial charge on any atom is 0.264 e. The van der Waals surface area contributed by atoms with Crippen LogP contribution in [0.5, 0.6) is 5.75 Å². The molecule has 1 heterocycles.